The van der Waals surface area contributed by atoms with Crippen LogP contribution in [0.4, 0.5) is 5.82 Å². The van der Waals surface area contributed by atoms with Gasteiger partial charge in [-0.05, 0) is 29.8 Å². The normalized spacial score (nSPS) is 10.2. The van der Waals surface area contributed by atoms with Gasteiger partial charge in [0.2, 0.25) is 0 Å². The van der Waals surface area contributed by atoms with Crippen LogP contribution in [0, 0.1) is 0 Å². The zero-order valence-electron chi connectivity index (χ0n) is 11.4. The number of hydrogen-bond acceptors (Lipinski definition) is 3. The standard InChI is InChI=1S/C15H16ClN3O/c1-17-14-9-12(7-8-18-14)15(20)19(2)10-11-3-5-13(16)6-4-11/h3-9H,10H2,1-2H3,(H,17,18). The Labute approximate surface area is 123 Å². The zero-order chi connectivity index (χ0) is 14.5. The minimum atomic E-state index is -0.0427. The fourth-order valence-corrected chi connectivity index (χ4v) is 1.98. The van der Waals surface area contributed by atoms with Gasteiger partial charge in [-0.3, -0.25) is 4.79 Å². The predicted molar refractivity (Wildman–Crippen MR) is 81.0 cm³/mol. The van der Waals surface area contributed by atoms with Crippen LogP contribution in [0.1, 0.15) is 15.9 Å². The molecule has 0 aliphatic carbocycles. The molecule has 20 heavy (non-hydrogen) atoms. The summed E-state index contributed by atoms with van der Waals surface area (Å²) in [5, 5.41) is 3.61. The molecule has 0 bridgehead atoms. The number of halogens is 1. The van der Waals surface area contributed by atoms with E-state index in [0.717, 1.165) is 5.56 Å². The number of pyridine rings is 1. The van der Waals surface area contributed by atoms with Crippen molar-refractivity contribution < 1.29 is 4.79 Å². The second-order valence-corrected chi connectivity index (χ2v) is 4.90. The Morgan fingerprint density at radius 3 is 2.65 bits per heavy atom. The lowest BCUT2D eigenvalue weighted by Crippen LogP contribution is -2.26. The minimum absolute atomic E-state index is 0.0427. The highest BCUT2D eigenvalue weighted by Crippen LogP contribution is 2.13. The Morgan fingerprint density at radius 2 is 2.00 bits per heavy atom. The van der Waals surface area contributed by atoms with Crippen LogP contribution in [-0.4, -0.2) is 29.9 Å². The number of benzene rings is 1. The van der Waals surface area contributed by atoms with Gasteiger partial charge in [0.1, 0.15) is 5.82 Å². The summed E-state index contributed by atoms with van der Waals surface area (Å²) >= 11 is 5.85. The molecule has 0 aliphatic heterocycles. The summed E-state index contributed by atoms with van der Waals surface area (Å²) in [7, 11) is 3.55. The van der Waals surface area contributed by atoms with Gasteiger partial charge in [-0.15, -0.1) is 0 Å². The Morgan fingerprint density at radius 1 is 1.30 bits per heavy atom. The number of aromatic nitrogens is 1. The third-order valence-corrected chi connectivity index (χ3v) is 3.19. The molecule has 0 unspecified atom stereocenters. The summed E-state index contributed by atoms with van der Waals surface area (Å²) in [5.41, 5.74) is 1.65. The van der Waals surface area contributed by atoms with E-state index in [-0.39, 0.29) is 5.91 Å². The molecule has 0 fully saturated rings. The van der Waals surface area contributed by atoms with Crippen molar-refractivity contribution in [2.45, 2.75) is 6.54 Å². The van der Waals surface area contributed by atoms with Crippen molar-refractivity contribution in [2.75, 3.05) is 19.4 Å². The summed E-state index contributed by atoms with van der Waals surface area (Å²) in [6.07, 6.45) is 1.62. The van der Waals surface area contributed by atoms with Crippen LogP contribution in [0.25, 0.3) is 0 Å². The van der Waals surface area contributed by atoms with Crippen LogP contribution in [0.2, 0.25) is 5.02 Å². The summed E-state index contributed by atoms with van der Waals surface area (Å²) in [4.78, 5) is 18.1. The van der Waals surface area contributed by atoms with Crippen molar-refractivity contribution in [1.29, 1.82) is 0 Å². The van der Waals surface area contributed by atoms with Crippen LogP contribution in [0.15, 0.2) is 42.6 Å². The van der Waals surface area contributed by atoms with E-state index in [2.05, 4.69) is 10.3 Å². The van der Waals surface area contributed by atoms with Gasteiger partial charge in [-0.2, -0.15) is 0 Å². The Bertz CT molecular complexity index is 598. The number of hydrogen-bond donors (Lipinski definition) is 1. The van der Waals surface area contributed by atoms with E-state index >= 15 is 0 Å². The molecule has 0 aliphatic rings. The van der Waals surface area contributed by atoms with Crippen molar-refractivity contribution in [2.24, 2.45) is 0 Å². The lowest BCUT2D eigenvalue weighted by Gasteiger charge is -2.17. The van der Waals surface area contributed by atoms with Gasteiger partial charge < -0.3 is 10.2 Å². The van der Waals surface area contributed by atoms with Gasteiger partial charge in [0.15, 0.2) is 0 Å². The number of amides is 1. The maximum Gasteiger partial charge on any atom is 0.254 e. The van der Waals surface area contributed by atoms with Crippen LogP contribution < -0.4 is 5.32 Å². The van der Waals surface area contributed by atoms with Gasteiger partial charge >= 0.3 is 0 Å². The first kappa shape index (κ1) is 14.3. The van der Waals surface area contributed by atoms with Gasteiger partial charge in [-0.1, -0.05) is 23.7 Å². The number of anilines is 1. The number of nitrogens with zero attached hydrogens (tertiary/aromatic N) is 2. The molecule has 1 heterocycles. The van der Waals surface area contributed by atoms with Crippen LogP contribution in [-0.2, 0) is 6.54 Å². The van der Waals surface area contributed by atoms with Gasteiger partial charge in [0.25, 0.3) is 5.91 Å². The van der Waals surface area contributed by atoms with Crippen LogP contribution in [0.3, 0.4) is 0 Å². The van der Waals surface area contributed by atoms with Crippen LogP contribution in [0.5, 0.6) is 0 Å². The molecular weight excluding hydrogens is 274 g/mol. The average Bonchev–Trinajstić information content (AvgIpc) is 2.48. The van der Waals surface area contributed by atoms with Crippen LogP contribution >= 0.6 is 11.6 Å². The second kappa shape index (κ2) is 6.39. The van der Waals surface area contributed by atoms with E-state index in [1.54, 1.807) is 37.3 Å². The van der Waals surface area contributed by atoms with E-state index in [9.17, 15) is 4.79 Å². The molecule has 1 aromatic carbocycles. The molecule has 2 rings (SSSR count). The van der Waals surface area contributed by atoms with E-state index < -0.39 is 0 Å². The molecule has 0 saturated heterocycles. The number of carbonyl (C=O) groups is 1. The first-order valence-corrected chi connectivity index (χ1v) is 6.61. The fourth-order valence-electron chi connectivity index (χ4n) is 1.86. The molecule has 1 aromatic heterocycles. The molecule has 5 heteroatoms. The first-order chi connectivity index (χ1) is 9.60. The quantitative estimate of drug-likeness (QED) is 0.941. The molecule has 2 aromatic rings. The van der Waals surface area contributed by atoms with Gasteiger partial charge in [0, 0.05) is 37.4 Å². The third-order valence-electron chi connectivity index (χ3n) is 2.94. The highest BCUT2D eigenvalue weighted by atomic mass is 35.5. The van der Waals surface area contributed by atoms with Crippen molar-refractivity contribution in [3.05, 3.63) is 58.7 Å². The first-order valence-electron chi connectivity index (χ1n) is 6.24. The lowest BCUT2D eigenvalue weighted by atomic mass is 10.2. The van der Waals surface area contributed by atoms with E-state index in [4.69, 9.17) is 11.6 Å². The van der Waals surface area contributed by atoms with Crippen molar-refractivity contribution in [3.63, 3.8) is 0 Å². The molecule has 0 atom stereocenters. The number of carbonyl (C=O) groups excluding carboxylic acids is 1. The van der Waals surface area contributed by atoms with E-state index in [1.807, 2.05) is 24.3 Å². The highest BCUT2D eigenvalue weighted by Gasteiger charge is 2.12. The molecule has 0 radical (unpaired) electrons. The zero-order valence-corrected chi connectivity index (χ0v) is 12.2. The molecule has 0 saturated carbocycles. The summed E-state index contributed by atoms with van der Waals surface area (Å²) in [5.74, 6) is 0.634. The van der Waals surface area contributed by atoms with Gasteiger partial charge in [-0.25, -0.2) is 4.98 Å². The maximum absolute atomic E-state index is 12.3. The summed E-state index contributed by atoms with van der Waals surface area (Å²) in [6.45, 7) is 0.535. The minimum Gasteiger partial charge on any atom is -0.373 e. The Hall–Kier alpha value is -2.07. The molecule has 0 spiro atoms. The SMILES string of the molecule is CNc1cc(C(=O)N(C)Cc2ccc(Cl)cc2)ccn1. The van der Waals surface area contributed by atoms with E-state index in [1.165, 1.54) is 0 Å². The highest BCUT2D eigenvalue weighted by molar-refractivity contribution is 6.30. The predicted octanol–water partition coefficient (Wildman–Crippen LogP) is 3.05. The fraction of sp³-hybridized carbons (Fsp3) is 0.200. The number of nitrogens with one attached hydrogen (secondary N) is 1. The van der Waals surface area contributed by atoms with Gasteiger partial charge in [0.05, 0.1) is 0 Å². The largest absolute Gasteiger partial charge is 0.373 e. The maximum atomic E-state index is 12.3. The van der Waals surface area contributed by atoms with Crippen molar-refractivity contribution in [1.82, 2.24) is 9.88 Å². The third kappa shape index (κ3) is 3.48. The number of rotatable bonds is 4. The van der Waals surface area contributed by atoms with Crippen molar-refractivity contribution in [3.8, 4) is 0 Å². The second-order valence-electron chi connectivity index (χ2n) is 4.47. The average molecular weight is 290 g/mol. The smallest absolute Gasteiger partial charge is 0.254 e. The molecule has 104 valence electrons. The Kier molecular flexibility index (Phi) is 4.58. The summed E-state index contributed by atoms with van der Waals surface area (Å²) in [6, 6.07) is 10.9. The molecule has 1 amide bonds. The topological polar surface area (TPSA) is 45.2 Å². The Balaban J connectivity index is 2.09. The summed E-state index contributed by atoms with van der Waals surface area (Å²) < 4.78 is 0. The molecule has 1 N–H and O–H groups in total. The molecule has 4 nitrogen and oxygen atoms in total. The van der Waals surface area contributed by atoms with E-state index in [0.29, 0.717) is 22.9 Å². The lowest BCUT2D eigenvalue weighted by molar-refractivity contribution is 0.0785. The monoisotopic (exact) mass is 289 g/mol. The van der Waals surface area contributed by atoms with Crippen molar-refractivity contribution >= 4 is 23.3 Å². The molecular formula is C15H16ClN3O.